The first-order valence-electron chi connectivity index (χ1n) is 3.74. The summed E-state index contributed by atoms with van der Waals surface area (Å²) in [6.07, 6.45) is -4.83. The second-order valence-corrected chi connectivity index (χ2v) is 2.82. The van der Waals surface area contributed by atoms with E-state index in [0.717, 1.165) is 0 Å². The molecule has 0 aliphatic carbocycles. The molecule has 0 fully saturated rings. The Morgan fingerprint density at radius 1 is 1.20 bits per heavy atom. The number of rotatable bonds is 1. The molecule has 1 rings (SSSR count). The van der Waals surface area contributed by atoms with Crippen molar-refractivity contribution in [2.45, 2.75) is 12.2 Å². The van der Waals surface area contributed by atoms with Crippen LogP contribution in [0.1, 0.15) is 11.6 Å². The highest BCUT2D eigenvalue weighted by Gasteiger charge is 2.40. The molecule has 3 N–H and O–H groups in total. The van der Waals surface area contributed by atoms with Crippen molar-refractivity contribution in [1.82, 2.24) is 0 Å². The molecule has 1 atom stereocenters. The Kier molecular flexibility index (Phi) is 2.85. The molecule has 0 aliphatic heterocycles. The van der Waals surface area contributed by atoms with Gasteiger partial charge in [-0.3, -0.25) is 0 Å². The second kappa shape index (κ2) is 3.65. The Labute approximate surface area is 81.1 Å². The Morgan fingerprint density at radius 3 is 2.20 bits per heavy atom. The lowest BCUT2D eigenvalue weighted by atomic mass is 10.1. The van der Waals surface area contributed by atoms with Crippen LogP contribution in [-0.2, 0) is 0 Å². The smallest absolute Gasteiger partial charge is 0.407 e. The van der Waals surface area contributed by atoms with E-state index in [0.29, 0.717) is 12.1 Å². The molecule has 2 nitrogen and oxygen atoms in total. The number of aromatic hydroxyl groups is 1. The van der Waals surface area contributed by atoms with Crippen LogP contribution in [0.2, 0.25) is 0 Å². The first kappa shape index (κ1) is 11.7. The Bertz CT molecular complexity index is 376. The van der Waals surface area contributed by atoms with E-state index in [4.69, 9.17) is 10.8 Å². The SMILES string of the molecule is N[C@@H](c1ccc(F)c(F)c1O)C(F)(F)F. The van der Waals surface area contributed by atoms with Crippen molar-refractivity contribution in [3.63, 3.8) is 0 Å². The van der Waals surface area contributed by atoms with Crippen LogP contribution in [0.3, 0.4) is 0 Å². The summed E-state index contributed by atoms with van der Waals surface area (Å²) in [5.74, 6) is -4.60. The minimum Gasteiger partial charge on any atom is -0.505 e. The normalized spacial score (nSPS) is 14.0. The van der Waals surface area contributed by atoms with Crippen LogP contribution in [0.15, 0.2) is 12.1 Å². The average Bonchev–Trinajstić information content (AvgIpc) is 2.12. The zero-order valence-electron chi connectivity index (χ0n) is 7.15. The van der Waals surface area contributed by atoms with E-state index in [1.54, 1.807) is 0 Å². The number of halogens is 5. The Balaban J connectivity index is 3.23. The molecule has 1 aromatic rings. The van der Waals surface area contributed by atoms with E-state index >= 15 is 0 Å². The molecule has 0 spiro atoms. The standard InChI is InChI=1S/C8H6F5NO/c9-4-2-1-3(6(15)5(4)10)7(14)8(11,12)13/h1-2,7,15H,14H2/t7-/m0/s1. The average molecular weight is 227 g/mol. The second-order valence-electron chi connectivity index (χ2n) is 2.82. The van der Waals surface area contributed by atoms with Gasteiger partial charge in [0.15, 0.2) is 11.6 Å². The predicted octanol–water partition coefficient (Wildman–Crippen LogP) is 2.23. The third-order valence-corrected chi connectivity index (χ3v) is 1.79. The van der Waals surface area contributed by atoms with Crippen molar-refractivity contribution in [1.29, 1.82) is 0 Å². The van der Waals surface area contributed by atoms with Crippen LogP contribution >= 0.6 is 0 Å². The monoisotopic (exact) mass is 227 g/mol. The van der Waals surface area contributed by atoms with Crippen LogP contribution in [0.25, 0.3) is 0 Å². The fourth-order valence-corrected chi connectivity index (χ4v) is 0.982. The van der Waals surface area contributed by atoms with Gasteiger partial charge in [0.25, 0.3) is 0 Å². The highest BCUT2D eigenvalue weighted by Crippen LogP contribution is 2.36. The van der Waals surface area contributed by atoms with Crippen LogP contribution in [0, 0.1) is 11.6 Å². The molecule has 0 amide bonds. The molecule has 0 radical (unpaired) electrons. The van der Waals surface area contributed by atoms with E-state index in [1.165, 1.54) is 0 Å². The predicted molar refractivity (Wildman–Crippen MR) is 41.0 cm³/mol. The first-order valence-corrected chi connectivity index (χ1v) is 3.74. The molecule has 0 heterocycles. The van der Waals surface area contributed by atoms with Gasteiger partial charge in [-0.15, -0.1) is 0 Å². The maximum absolute atomic E-state index is 12.7. The van der Waals surface area contributed by atoms with Crippen LogP contribution in [0.5, 0.6) is 5.75 Å². The van der Waals surface area contributed by atoms with Crippen LogP contribution in [-0.4, -0.2) is 11.3 Å². The molecular formula is C8H6F5NO. The van der Waals surface area contributed by atoms with Crippen molar-refractivity contribution >= 4 is 0 Å². The van der Waals surface area contributed by atoms with E-state index in [2.05, 4.69) is 0 Å². The van der Waals surface area contributed by atoms with Crippen LogP contribution < -0.4 is 5.73 Å². The van der Waals surface area contributed by atoms with Crippen molar-refractivity contribution in [3.8, 4) is 5.75 Å². The van der Waals surface area contributed by atoms with E-state index in [-0.39, 0.29) is 0 Å². The van der Waals surface area contributed by atoms with Gasteiger partial charge in [-0.1, -0.05) is 6.07 Å². The molecule has 0 bridgehead atoms. The maximum Gasteiger partial charge on any atom is 0.407 e. The maximum atomic E-state index is 12.7. The summed E-state index contributed by atoms with van der Waals surface area (Å²) < 4.78 is 61.4. The van der Waals surface area contributed by atoms with E-state index in [9.17, 15) is 22.0 Å². The fraction of sp³-hybridized carbons (Fsp3) is 0.250. The quantitative estimate of drug-likeness (QED) is 0.722. The van der Waals surface area contributed by atoms with Crippen LogP contribution in [0.4, 0.5) is 22.0 Å². The molecular weight excluding hydrogens is 221 g/mol. The zero-order chi connectivity index (χ0) is 11.8. The van der Waals surface area contributed by atoms with Crippen molar-refractivity contribution in [2.24, 2.45) is 5.73 Å². The van der Waals surface area contributed by atoms with Gasteiger partial charge in [0.05, 0.1) is 0 Å². The summed E-state index contributed by atoms with van der Waals surface area (Å²) in [5, 5.41) is 8.92. The summed E-state index contributed by atoms with van der Waals surface area (Å²) >= 11 is 0. The molecule has 0 saturated carbocycles. The molecule has 84 valence electrons. The number of benzene rings is 1. The zero-order valence-corrected chi connectivity index (χ0v) is 7.15. The molecule has 15 heavy (non-hydrogen) atoms. The van der Waals surface area contributed by atoms with Crippen molar-refractivity contribution in [3.05, 3.63) is 29.3 Å². The number of phenols is 1. The molecule has 0 aliphatic rings. The van der Waals surface area contributed by atoms with Gasteiger partial charge in [0.2, 0.25) is 5.82 Å². The molecule has 0 aromatic heterocycles. The van der Waals surface area contributed by atoms with Gasteiger partial charge in [-0.25, -0.2) is 4.39 Å². The van der Waals surface area contributed by atoms with Crippen molar-refractivity contribution < 1.29 is 27.1 Å². The fourth-order valence-electron chi connectivity index (χ4n) is 0.982. The summed E-state index contributed by atoms with van der Waals surface area (Å²) in [6, 6.07) is -1.49. The number of hydrogen-bond donors (Lipinski definition) is 2. The largest absolute Gasteiger partial charge is 0.505 e. The summed E-state index contributed by atoms with van der Waals surface area (Å²) in [7, 11) is 0. The Morgan fingerprint density at radius 2 is 1.73 bits per heavy atom. The van der Waals surface area contributed by atoms with Gasteiger partial charge in [0, 0.05) is 5.56 Å². The first-order chi connectivity index (χ1) is 6.75. The number of phenolic OH excluding ortho intramolecular Hbond substituents is 1. The van der Waals surface area contributed by atoms with Gasteiger partial charge in [-0.2, -0.15) is 17.6 Å². The topological polar surface area (TPSA) is 46.2 Å². The third kappa shape index (κ3) is 2.17. The number of alkyl halides is 3. The van der Waals surface area contributed by atoms with E-state index < -0.39 is 35.2 Å². The number of nitrogens with two attached hydrogens (primary N) is 1. The van der Waals surface area contributed by atoms with Gasteiger partial charge in [-0.05, 0) is 6.07 Å². The third-order valence-electron chi connectivity index (χ3n) is 1.79. The summed E-state index contributed by atoms with van der Waals surface area (Å²) in [6.45, 7) is 0. The lowest BCUT2D eigenvalue weighted by Crippen LogP contribution is -2.28. The highest BCUT2D eigenvalue weighted by atomic mass is 19.4. The summed E-state index contributed by atoms with van der Waals surface area (Å²) in [4.78, 5) is 0. The lowest BCUT2D eigenvalue weighted by molar-refractivity contribution is -0.149. The number of hydrogen-bond acceptors (Lipinski definition) is 2. The van der Waals surface area contributed by atoms with E-state index in [1.807, 2.05) is 0 Å². The molecule has 7 heteroatoms. The minimum absolute atomic E-state index is 0.468. The highest BCUT2D eigenvalue weighted by molar-refractivity contribution is 5.37. The summed E-state index contributed by atoms with van der Waals surface area (Å²) in [5.41, 5.74) is 3.82. The van der Waals surface area contributed by atoms with Gasteiger partial charge < -0.3 is 10.8 Å². The molecule has 0 unspecified atom stereocenters. The van der Waals surface area contributed by atoms with Crippen molar-refractivity contribution in [2.75, 3.05) is 0 Å². The Hall–Kier alpha value is -1.37. The van der Waals surface area contributed by atoms with Gasteiger partial charge >= 0.3 is 6.18 Å². The van der Waals surface area contributed by atoms with Gasteiger partial charge in [0.1, 0.15) is 6.04 Å². The molecule has 0 saturated heterocycles. The molecule has 1 aromatic carbocycles. The lowest BCUT2D eigenvalue weighted by Gasteiger charge is -2.17. The minimum atomic E-state index is -4.83.